The van der Waals surface area contributed by atoms with Crippen molar-refractivity contribution in [3.63, 3.8) is 0 Å². The predicted molar refractivity (Wildman–Crippen MR) is 135 cm³/mol. The number of carbonyl (C=O) groups excluding carboxylic acids is 1. The summed E-state index contributed by atoms with van der Waals surface area (Å²) in [6.07, 6.45) is 0. The zero-order valence-corrected chi connectivity index (χ0v) is 20.2. The van der Waals surface area contributed by atoms with Crippen molar-refractivity contribution in [1.82, 2.24) is 24.6 Å². The van der Waals surface area contributed by atoms with Gasteiger partial charge in [-0.15, -0.1) is 10.2 Å². The van der Waals surface area contributed by atoms with Gasteiger partial charge in [0.2, 0.25) is 5.91 Å². The molecule has 1 saturated heterocycles. The second-order valence-corrected chi connectivity index (χ2v) is 9.21. The molecule has 0 saturated carbocycles. The van der Waals surface area contributed by atoms with Crippen LogP contribution < -0.4 is 0 Å². The molecular formula is C26H27N5O2S. The normalized spacial score (nSPS) is 14.0. The van der Waals surface area contributed by atoms with E-state index in [9.17, 15) is 4.79 Å². The number of aryl methyl sites for hydroxylation is 1. The first-order valence-electron chi connectivity index (χ1n) is 11.5. The summed E-state index contributed by atoms with van der Waals surface area (Å²) < 4.78 is 7.43. The standard InChI is InChI=1S/C26H27N5O2S/c1-3-31-25(28-29-26(31)34-17-24(32)30-12-14-33-15-13-30)21-16-23(19-10-8-18(2)9-11-19)27-22-7-5-4-6-20(21)22/h4-11,16H,3,12-15,17H2,1-2H3. The first-order chi connectivity index (χ1) is 16.6. The Labute approximate surface area is 203 Å². The minimum atomic E-state index is 0.108. The van der Waals surface area contributed by atoms with Gasteiger partial charge < -0.3 is 14.2 Å². The van der Waals surface area contributed by atoms with Gasteiger partial charge in [-0.25, -0.2) is 4.98 Å². The predicted octanol–water partition coefficient (Wildman–Crippen LogP) is 4.44. The lowest BCUT2D eigenvalue weighted by molar-refractivity contribution is -0.132. The van der Waals surface area contributed by atoms with Gasteiger partial charge >= 0.3 is 0 Å². The van der Waals surface area contributed by atoms with Crippen LogP contribution >= 0.6 is 11.8 Å². The molecule has 1 fully saturated rings. The number of nitrogens with zero attached hydrogens (tertiary/aromatic N) is 5. The second kappa shape index (κ2) is 9.95. The molecule has 7 nitrogen and oxygen atoms in total. The molecular weight excluding hydrogens is 446 g/mol. The van der Waals surface area contributed by atoms with E-state index >= 15 is 0 Å². The minimum absolute atomic E-state index is 0.108. The Kier molecular flexibility index (Phi) is 6.60. The zero-order valence-electron chi connectivity index (χ0n) is 19.4. The van der Waals surface area contributed by atoms with E-state index in [4.69, 9.17) is 9.72 Å². The lowest BCUT2D eigenvalue weighted by Crippen LogP contribution is -2.41. The van der Waals surface area contributed by atoms with Gasteiger partial charge in [0.05, 0.1) is 30.2 Å². The van der Waals surface area contributed by atoms with Crippen molar-refractivity contribution in [3.8, 4) is 22.6 Å². The highest BCUT2D eigenvalue weighted by atomic mass is 32.2. The Morgan fingerprint density at radius 1 is 1.06 bits per heavy atom. The number of para-hydroxylation sites is 1. The van der Waals surface area contributed by atoms with E-state index in [1.807, 2.05) is 23.1 Å². The van der Waals surface area contributed by atoms with Gasteiger partial charge in [0.15, 0.2) is 11.0 Å². The maximum atomic E-state index is 12.6. The molecule has 0 unspecified atom stereocenters. The maximum Gasteiger partial charge on any atom is 0.233 e. The number of hydrogen-bond donors (Lipinski definition) is 0. The van der Waals surface area contributed by atoms with Crippen LogP contribution in [0.15, 0.2) is 59.8 Å². The fourth-order valence-corrected chi connectivity index (χ4v) is 5.05. The van der Waals surface area contributed by atoms with E-state index in [1.54, 1.807) is 0 Å². The number of rotatable bonds is 6. The summed E-state index contributed by atoms with van der Waals surface area (Å²) in [6, 6.07) is 18.6. The van der Waals surface area contributed by atoms with E-state index in [2.05, 4.69) is 65.0 Å². The summed E-state index contributed by atoms with van der Waals surface area (Å²) in [4.78, 5) is 19.4. The quantitative estimate of drug-likeness (QED) is 0.386. The molecule has 0 radical (unpaired) electrons. The largest absolute Gasteiger partial charge is 0.378 e. The number of fused-ring (bicyclic) bond motifs is 1. The number of aromatic nitrogens is 4. The van der Waals surface area contributed by atoms with Crippen LogP contribution in [0.4, 0.5) is 0 Å². The third kappa shape index (κ3) is 4.56. The van der Waals surface area contributed by atoms with Gasteiger partial charge in [-0.1, -0.05) is 59.8 Å². The SMILES string of the molecule is CCn1c(SCC(=O)N2CCOCC2)nnc1-c1cc(-c2ccc(C)cc2)nc2ccccc12. The van der Waals surface area contributed by atoms with Crippen molar-refractivity contribution < 1.29 is 9.53 Å². The summed E-state index contributed by atoms with van der Waals surface area (Å²) in [5, 5.41) is 10.8. The number of carbonyl (C=O) groups is 1. The number of thioether (sulfide) groups is 1. The Balaban J connectivity index is 1.50. The van der Waals surface area contributed by atoms with Gasteiger partial charge in [-0.2, -0.15) is 0 Å². The molecule has 1 amide bonds. The fourth-order valence-electron chi connectivity index (χ4n) is 4.14. The molecule has 0 spiro atoms. The molecule has 8 heteroatoms. The molecule has 0 bridgehead atoms. The third-order valence-corrected chi connectivity index (χ3v) is 6.98. The van der Waals surface area contributed by atoms with Gasteiger partial charge in [-0.3, -0.25) is 4.79 Å². The van der Waals surface area contributed by atoms with E-state index in [-0.39, 0.29) is 5.91 Å². The van der Waals surface area contributed by atoms with Crippen molar-refractivity contribution in [2.24, 2.45) is 0 Å². The maximum absolute atomic E-state index is 12.6. The molecule has 34 heavy (non-hydrogen) atoms. The summed E-state index contributed by atoms with van der Waals surface area (Å²) in [5.41, 5.74) is 5.07. The van der Waals surface area contributed by atoms with Crippen LogP contribution in [0.3, 0.4) is 0 Å². The second-order valence-electron chi connectivity index (χ2n) is 8.27. The molecule has 0 aliphatic carbocycles. The van der Waals surface area contributed by atoms with Crippen molar-refractivity contribution >= 4 is 28.6 Å². The van der Waals surface area contributed by atoms with Crippen molar-refractivity contribution in [1.29, 1.82) is 0 Å². The van der Waals surface area contributed by atoms with Crippen LogP contribution in [-0.4, -0.2) is 62.6 Å². The van der Waals surface area contributed by atoms with Crippen LogP contribution in [0, 0.1) is 6.92 Å². The van der Waals surface area contributed by atoms with Crippen molar-refractivity contribution in [2.45, 2.75) is 25.5 Å². The minimum Gasteiger partial charge on any atom is -0.378 e. The fraction of sp³-hybridized carbons (Fsp3) is 0.308. The molecule has 4 aromatic rings. The van der Waals surface area contributed by atoms with E-state index < -0.39 is 0 Å². The summed E-state index contributed by atoms with van der Waals surface area (Å²) in [5.74, 6) is 1.23. The van der Waals surface area contributed by atoms with Gasteiger partial charge in [0.1, 0.15) is 0 Å². The van der Waals surface area contributed by atoms with Crippen LogP contribution in [0.2, 0.25) is 0 Å². The first-order valence-corrected chi connectivity index (χ1v) is 12.5. The Morgan fingerprint density at radius 3 is 2.59 bits per heavy atom. The monoisotopic (exact) mass is 473 g/mol. The van der Waals surface area contributed by atoms with Crippen LogP contribution in [0.1, 0.15) is 12.5 Å². The number of hydrogen-bond acceptors (Lipinski definition) is 6. The Morgan fingerprint density at radius 2 is 1.82 bits per heavy atom. The highest BCUT2D eigenvalue weighted by Gasteiger charge is 2.21. The topological polar surface area (TPSA) is 73.1 Å². The Bertz CT molecular complexity index is 1310. The molecule has 2 aromatic heterocycles. The van der Waals surface area contributed by atoms with Crippen molar-refractivity contribution in [3.05, 3.63) is 60.2 Å². The van der Waals surface area contributed by atoms with Gasteiger partial charge in [0.25, 0.3) is 0 Å². The average molecular weight is 474 g/mol. The number of ether oxygens (including phenoxy) is 1. The number of benzene rings is 2. The summed E-state index contributed by atoms with van der Waals surface area (Å²) >= 11 is 1.44. The van der Waals surface area contributed by atoms with E-state index in [0.29, 0.717) is 38.6 Å². The van der Waals surface area contributed by atoms with Crippen LogP contribution in [0.5, 0.6) is 0 Å². The summed E-state index contributed by atoms with van der Waals surface area (Å²) in [6.45, 7) is 7.35. The number of amides is 1. The number of morpholine rings is 1. The lowest BCUT2D eigenvalue weighted by Gasteiger charge is -2.26. The lowest BCUT2D eigenvalue weighted by atomic mass is 10.0. The molecule has 0 atom stereocenters. The average Bonchev–Trinajstić information content (AvgIpc) is 3.30. The Hall–Kier alpha value is -3.23. The van der Waals surface area contributed by atoms with E-state index in [0.717, 1.165) is 38.7 Å². The molecule has 0 N–H and O–H groups in total. The van der Waals surface area contributed by atoms with Gasteiger partial charge in [0, 0.05) is 36.1 Å². The first kappa shape index (κ1) is 22.6. The molecule has 1 aliphatic heterocycles. The third-order valence-electron chi connectivity index (χ3n) is 6.03. The van der Waals surface area contributed by atoms with E-state index in [1.165, 1.54) is 17.3 Å². The molecule has 5 rings (SSSR count). The van der Waals surface area contributed by atoms with Gasteiger partial charge in [-0.05, 0) is 26.0 Å². The van der Waals surface area contributed by atoms with Crippen LogP contribution in [0.25, 0.3) is 33.5 Å². The molecule has 3 heterocycles. The molecule has 174 valence electrons. The van der Waals surface area contributed by atoms with Crippen LogP contribution in [-0.2, 0) is 16.1 Å². The van der Waals surface area contributed by atoms with Crippen molar-refractivity contribution in [2.75, 3.05) is 32.1 Å². The number of pyridine rings is 1. The zero-order chi connectivity index (χ0) is 23.5. The summed E-state index contributed by atoms with van der Waals surface area (Å²) in [7, 11) is 0. The highest BCUT2D eigenvalue weighted by molar-refractivity contribution is 7.99. The highest BCUT2D eigenvalue weighted by Crippen LogP contribution is 2.33. The molecule has 2 aromatic carbocycles. The smallest absolute Gasteiger partial charge is 0.233 e. The molecule has 1 aliphatic rings.